The smallest absolute Gasteiger partial charge is 0.171 e. The van der Waals surface area contributed by atoms with Gasteiger partial charge in [0.1, 0.15) is 5.15 Å². The molecule has 2 nitrogen and oxygen atoms in total. The number of thiophene rings is 1. The summed E-state index contributed by atoms with van der Waals surface area (Å²) in [6.45, 7) is 0. The Morgan fingerprint density at radius 2 is 2.00 bits per heavy atom. The van der Waals surface area contributed by atoms with Gasteiger partial charge in [-0.3, -0.25) is 0 Å². The van der Waals surface area contributed by atoms with Crippen LogP contribution in [0.3, 0.4) is 0 Å². The molecule has 0 unspecified atom stereocenters. The highest BCUT2D eigenvalue weighted by molar-refractivity contribution is 14.1. The molecule has 0 saturated heterocycles. The van der Waals surface area contributed by atoms with Crippen LogP contribution in [0.25, 0.3) is 10.7 Å². The molecule has 1 aliphatic carbocycles. The quantitative estimate of drug-likeness (QED) is 0.527. The van der Waals surface area contributed by atoms with E-state index < -0.39 is 0 Å². The molecule has 88 valence electrons. The number of hydrogen-bond donors (Lipinski definition) is 0. The molecular formula is C11H7Cl2IN2S. The summed E-state index contributed by atoms with van der Waals surface area (Å²) in [5, 5.41) is 0.544. The van der Waals surface area contributed by atoms with Crippen molar-refractivity contribution in [2.45, 2.75) is 18.8 Å². The number of aromatic nitrogens is 2. The maximum atomic E-state index is 6.16. The van der Waals surface area contributed by atoms with E-state index in [0.29, 0.717) is 16.9 Å². The molecule has 17 heavy (non-hydrogen) atoms. The van der Waals surface area contributed by atoms with Gasteiger partial charge in [0.05, 0.1) is 18.5 Å². The van der Waals surface area contributed by atoms with E-state index in [-0.39, 0.29) is 0 Å². The van der Waals surface area contributed by atoms with E-state index >= 15 is 0 Å². The standard InChI is InChI=1S/C11H7Cl2IN2S/c12-7-4-3-6(17-7)11-15-9(5-1-2-5)8(14)10(13)16-11/h3-5H,1-2H2. The van der Waals surface area contributed by atoms with Gasteiger partial charge in [-0.05, 0) is 47.6 Å². The zero-order valence-electron chi connectivity index (χ0n) is 8.58. The normalized spacial score (nSPS) is 15.2. The molecule has 1 aliphatic rings. The van der Waals surface area contributed by atoms with E-state index in [1.807, 2.05) is 12.1 Å². The third kappa shape index (κ3) is 2.45. The topological polar surface area (TPSA) is 25.8 Å². The Morgan fingerprint density at radius 3 is 2.59 bits per heavy atom. The van der Waals surface area contributed by atoms with Crippen molar-refractivity contribution < 1.29 is 0 Å². The van der Waals surface area contributed by atoms with Crippen molar-refractivity contribution >= 4 is 57.1 Å². The van der Waals surface area contributed by atoms with Crippen molar-refractivity contribution in [3.63, 3.8) is 0 Å². The Hall–Kier alpha value is 0.0900. The summed E-state index contributed by atoms with van der Waals surface area (Å²) in [4.78, 5) is 9.92. The van der Waals surface area contributed by atoms with Crippen LogP contribution >= 0.6 is 57.1 Å². The number of hydrogen-bond acceptors (Lipinski definition) is 3. The number of nitrogens with zero attached hydrogens (tertiary/aromatic N) is 2. The zero-order chi connectivity index (χ0) is 12.0. The lowest BCUT2D eigenvalue weighted by molar-refractivity contribution is 0.980. The van der Waals surface area contributed by atoms with Gasteiger partial charge < -0.3 is 0 Å². The molecular weight excluding hydrogens is 390 g/mol. The predicted octanol–water partition coefficient (Wildman–Crippen LogP) is 4.99. The van der Waals surface area contributed by atoms with Crippen LogP contribution < -0.4 is 0 Å². The van der Waals surface area contributed by atoms with Crippen molar-refractivity contribution in [1.82, 2.24) is 9.97 Å². The first-order valence-electron chi connectivity index (χ1n) is 5.14. The lowest BCUT2D eigenvalue weighted by atomic mass is 10.3. The van der Waals surface area contributed by atoms with Crippen molar-refractivity contribution in [3.05, 3.63) is 30.9 Å². The average molecular weight is 397 g/mol. The second-order valence-electron chi connectivity index (χ2n) is 3.92. The van der Waals surface area contributed by atoms with Gasteiger partial charge in [0.2, 0.25) is 0 Å². The molecule has 0 spiro atoms. The molecule has 1 saturated carbocycles. The van der Waals surface area contributed by atoms with Crippen molar-refractivity contribution in [2.24, 2.45) is 0 Å². The molecule has 0 aliphatic heterocycles. The first kappa shape index (κ1) is 12.1. The first-order chi connectivity index (χ1) is 8.15. The summed E-state index contributed by atoms with van der Waals surface area (Å²) in [7, 11) is 0. The Morgan fingerprint density at radius 1 is 1.24 bits per heavy atom. The van der Waals surface area contributed by atoms with E-state index in [4.69, 9.17) is 23.2 Å². The van der Waals surface area contributed by atoms with Crippen molar-refractivity contribution in [1.29, 1.82) is 0 Å². The Labute approximate surface area is 127 Å². The van der Waals surface area contributed by atoms with Crippen LogP contribution in [0.1, 0.15) is 24.5 Å². The molecule has 1 fully saturated rings. The molecule has 2 heterocycles. The molecule has 0 amide bonds. The highest BCUT2D eigenvalue weighted by Gasteiger charge is 2.29. The molecule has 3 rings (SSSR count). The van der Waals surface area contributed by atoms with Crippen LogP contribution in [0, 0.1) is 3.57 Å². The van der Waals surface area contributed by atoms with Gasteiger partial charge in [-0.2, -0.15) is 0 Å². The van der Waals surface area contributed by atoms with Gasteiger partial charge >= 0.3 is 0 Å². The fraction of sp³-hybridized carbons (Fsp3) is 0.273. The second-order valence-corrected chi connectivity index (χ2v) is 7.07. The van der Waals surface area contributed by atoms with Crippen molar-refractivity contribution in [2.75, 3.05) is 0 Å². The van der Waals surface area contributed by atoms with E-state index in [1.165, 1.54) is 24.2 Å². The second kappa shape index (κ2) is 4.64. The zero-order valence-corrected chi connectivity index (χ0v) is 13.1. The van der Waals surface area contributed by atoms with E-state index in [9.17, 15) is 0 Å². The highest BCUT2D eigenvalue weighted by Crippen LogP contribution is 2.43. The summed E-state index contributed by atoms with van der Waals surface area (Å²) < 4.78 is 1.73. The van der Waals surface area contributed by atoms with E-state index in [1.54, 1.807) is 0 Å². The summed E-state index contributed by atoms with van der Waals surface area (Å²) in [5.41, 5.74) is 1.09. The van der Waals surface area contributed by atoms with Gasteiger partial charge in [-0.25, -0.2) is 9.97 Å². The fourth-order valence-corrected chi connectivity index (χ4v) is 3.44. The minimum absolute atomic E-state index is 0.544. The van der Waals surface area contributed by atoms with E-state index in [0.717, 1.165) is 18.5 Å². The van der Waals surface area contributed by atoms with Crippen LogP contribution in [0.5, 0.6) is 0 Å². The van der Waals surface area contributed by atoms with E-state index in [2.05, 4.69) is 32.6 Å². The van der Waals surface area contributed by atoms with Gasteiger partial charge in [0, 0.05) is 5.92 Å². The molecule has 2 aromatic heterocycles. The Kier molecular flexibility index (Phi) is 3.32. The lowest BCUT2D eigenvalue weighted by Crippen LogP contribution is -1.98. The van der Waals surface area contributed by atoms with Crippen molar-refractivity contribution in [3.8, 4) is 10.7 Å². The molecule has 0 atom stereocenters. The molecule has 0 radical (unpaired) electrons. The van der Waals surface area contributed by atoms with Gasteiger partial charge in [0.25, 0.3) is 0 Å². The minimum Gasteiger partial charge on any atom is -0.231 e. The Balaban J connectivity index is 2.11. The van der Waals surface area contributed by atoms with Crippen LogP contribution in [0.2, 0.25) is 9.49 Å². The van der Waals surface area contributed by atoms with Gasteiger partial charge in [0.15, 0.2) is 5.82 Å². The number of halogens is 3. The van der Waals surface area contributed by atoms with Crippen LogP contribution in [-0.4, -0.2) is 9.97 Å². The third-order valence-corrected chi connectivity index (χ3v) is 5.48. The van der Waals surface area contributed by atoms with Gasteiger partial charge in [-0.1, -0.05) is 23.2 Å². The molecule has 6 heteroatoms. The summed E-state index contributed by atoms with van der Waals surface area (Å²) in [6.07, 6.45) is 2.40. The maximum absolute atomic E-state index is 6.16. The van der Waals surface area contributed by atoms with Crippen LogP contribution in [0.15, 0.2) is 12.1 Å². The third-order valence-electron chi connectivity index (χ3n) is 2.59. The lowest BCUT2D eigenvalue weighted by Gasteiger charge is -2.05. The van der Waals surface area contributed by atoms with Gasteiger partial charge in [-0.15, -0.1) is 11.3 Å². The average Bonchev–Trinajstić information content (AvgIpc) is 3.05. The molecule has 2 aromatic rings. The summed E-state index contributed by atoms with van der Waals surface area (Å²) in [6, 6.07) is 3.79. The molecule has 0 aromatic carbocycles. The highest BCUT2D eigenvalue weighted by atomic mass is 127. The largest absolute Gasteiger partial charge is 0.231 e. The van der Waals surface area contributed by atoms with Crippen LogP contribution in [-0.2, 0) is 0 Å². The first-order valence-corrected chi connectivity index (χ1v) is 7.79. The minimum atomic E-state index is 0.544. The molecule has 0 N–H and O–H groups in total. The Bertz CT molecular complexity index is 581. The maximum Gasteiger partial charge on any atom is 0.171 e. The summed E-state index contributed by atoms with van der Waals surface area (Å²) >= 11 is 15.8. The predicted molar refractivity (Wildman–Crippen MR) is 80.1 cm³/mol. The monoisotopic (exact) mass is 396 g/mol. The number of rotatable bonds is 2. The van der Waals surface area contributed by atoms with Crippen LogP contribution in [0.4, 0.5) is 0 Å². The fourth-order valence-electron chi connectivity index (χ4n) is 1.61. The SMILES string of the molecule is Clc1ccc(-c2nc(Cl)c(I)c(C3CC3)n2)s1. The summed E-state index contributed by atoms with van der Waals surface area (Å²) in [5.74, 6) is 1.26. The molecule has 0 bridgehead atoms.